The monoisotopic (exact) mass is 268 g/mol. The number of hydrogen-bond donors (Lipinski definition) is 1. The molecule has 17 heavy (non-hydrogen) atoms. The molecular formula is C11H12N2O2S2. The highest BCUT2D eigenvalue weighted by atomic mass is 32.2. The Bertz CT molecular complexity index is 632. The number of aromatic nitrogens is 1. The summed E-state index contributed by atoms with van der Waals surface area (Å²) in [6, 6.07) is 6.86. The summed E-state index contributed by atoms with van der Waals surface area (Å²) in [6.45, 7) is 3.64. The Morgan fingerprint density at radius 2 is 1.94 bits per heavy atom. The number of thiazole rings is 1. The van der Waals surface area contributed by atoms with E-state index in [4.69, 9.17) is 0 Å². The van der Waals surface area contributed by atoms with Crippen molar-refractivity contribution >= 4 is 26.5 Å². The van der Waals surface area contributed by atoms with Crippen molar-refractivity contribution in [3.05, 3.63) is 40.9 Å². The molecule has 0 radical (unpaired) electrons. The van der Waals surface area contributed by atoms with E-state index in [1.165, 1.54) is 11.3 Å². The van der Waals surface area contributed by atoms with Crippen molar-refractivity contribution in [3.8, 4) is 0 Å². The number of nitrogens with one attached hydrogen (secondary N) is 1. The Kier molecular flexibility index (Phi) is 3.17. The van der Waals surface area contributed by atoms with Crippen LogP contribution in [0.1, 0.15) is 10.4 Å². The highest BCUT2D eigenvalue weighted by Gasteiger charge is 2.17. The lowest BCUT2D eigenvalue weighted by molar-refractivity contribution is 0.600. The van der Waals surface area contributed by atoms with Gasteiger partial charge in [-0.25, -0.2) is 13.4 Å². The molecule has 0 aliphatic heterocycles. The summed E-state index contributed by atoms with van der Waals surface area (Å²) in [6.07, 6.45) is 1.64. The summed E-state index contributed by atoms with van der Waals surface area (Å²) in [5.74, 6) is 0. The van der Waals surface area contributed by atoms with Gasteiger partial charge >= 0.3 is 0 Å². The lowest BCUT2D eigenvalue weighted by Gasteiger charge is -2.07. The van der Waals surface area contributed by atoms with Crippen LogP contribution in [-0.2, 0) is 10.0 Å². The Morgan fingerprint density at radius 1 is 1.24 bits per heavy atom. The number of benzene rings is 1. The van der Waals surface area contributed by atoms with E-state index in [9.17, 15) is 8.42 Å². The number of rotatable bonds is 3. The number of sulfonamides is 1. The molecule has 0 aliphatic carbocycles. The molecule has 1 aromatic carbocycles. The van der Waals surface area contributed by atoms with Gasteiger partial charge in [0.05, 0.1) is 4.90 Å². The van der Waals surface area contributed by atoms with Gasteiger partial charge in [-0.1, -0.05) is 18.2 Å². The largest absolute Gasteiger partial charge is 0.263 e. The van der Waals surface area contributed by atoms with Gasteiger partial charge in [-0.15, -0.1) is 11.3 Å². The van der Waals surface area contributed by atoms with E-state index in [1.807, 2.05) is 13.0 Å². The average molecular weight is 268 g/mol. The number of hydrogen-bond acceptors (Lipinski definition) is 4. The zero-order chi connectivity index (χ0) is 12.5. The molecule has 0 spiro atoms. The maximum atomic E-state index is 12.1. The molecule has 4 nitrogen and oxygen atoms in total. The predicted octanol–water partition coefficient (Wildman–Crippen LogP) is 2.56. The highest BCUT2D eigenvalue weighted by Crippen LogP contribution is 2.22. The van der Waals surface area contributed by atoms with E-state index in [2.05, 4.69) is 9.71 Å². The first-order chi connectivity index (χ1) is 7.99. The summed E-state index contributed by atoms with van der Waals surface area (Å²) in [5, 5.41) is 0.394. The lowest BCUT2D eigenvalue weighted by atomic mass is 10.2. The van der Waals surface area contributed by atoms with Crippen LogP contribution in [0.5, 0.6) is 0 Å². The summed E-state index contributed by atoms with van der Waals surface area (Å²) in [7, 11) is -3.53. The maximum Gasteiger partial charge on any atom is 0.263 e. The first kappa shape index (κ1) is 12.1. The van der Waals surface area contributed by atoms with Crippen LogP contribution in [0, 0.1) is 13.8 Å². The summed E-state index contributed by atoms with van der Waals surface area (Å²) in [5.41, 5.74) is 0.716. The molecule has 1 aromatic heterocycles. The molecule has 6 heteroatoms. The Balaban J connectivity index is 2.35. The van der Waals surface area contributed by atoms with E-state index in [0.717, 1.165) is 4.88 Å². The normalized spacial score (nSPS) is 11.4. The SMILES string of the molecule is Cc1cnc(NS(=O)(=O)c2ccccc2C)s1. The zero-order valence-corrected chi connectivity index (χ0v) is 11.1. The summed E-state index contributed by atoms with van der Waals surface area (Å²) < 4.78 is 26.7. The van der Waals surface area contributed by atoms with Gasteiger partial charge in [0.1, 0.15) is 0 Å². The van der Waals surface area contributed by atoms with Gasteiger partial charge in [-0.3, -0.25) is 4.72 Å². The summed E-state index contributed by atoms with van der Waals surface area (Å²) in [4.78, 5) is 5.23. The molecule has 0 amide bonds. The van der Waals surface area contributed by atoms with Crippen LogP contribution in [0.2, 0.25) is 0 Å². The molecule has 0 unspecified atom stereocenters. The lowest BCUT2D eigenvalue weighted by Crippen LogP contribution is -2.13. The molecule has 0 saturated carbocycles. The molecule has 1 N–H and O–H groups in total. The molecule has 90 valence electrons. The number of nitrogens with zero attached hydrogens (tertiary/aromatic N) is 1. The quantitative estimate of drug-likeness (QED) is 0.930. The van der Waals surface area contributed by atoms with Crippen LogP contribution in [-0.4, -0.2) is 13.4 Å². The van der Waals surface area contributed by atoms with Crippen LogP contribution in [0.15, 0.2) is 35.4 Å². The topological polar surface area (TPSA) is 59.1 Å². The highest BCUT2D eigenvalue weighted by molar-refractivity contribution is 7.93. The molecule has 0 fully saturated rings. The molecule has 0 bridgehead atoms. The second-order valence-electron chi connectivity index (χ2n) is 3.65. The fourth-order valence-corrected chi connectivity index (χ4v) is 3.58. The average Bonchev–Trinajstić information content (AvgIpc) is 2.63. The van der Waals surface area contributed by atoms with Crippen molar-refractivity contribution in [3.63, 3.8) is 0 Å². The van der Waals surface area contributed by atoms with E-state index in [1.54, 1.807) is 31.3 Å². The smallest absolute Gasteiger partial charge is 0.255 e. The Labute approximate surface area is 104 Å². The van der Waals surface area contributed by atoms with Crippen molar-refractivity contribution in [1.29, 1.82) is 0 Å². The Morgan fingerprint density at radius 3 is 2.53 bits per heavy atom. The predicted molar refractivity (Wildman–Crippen MR) is 68.8 cm³/mol. The van der Waals surface area contributed by atoms with Gasteiger partial charge in [0, 0.05) is 11.1 Å². The molecule has 2 aromatic rings. The second-order valence-corrected chi connectivity index (χ2v) is 6.53. The van der Waals surface area contributed by atoms with E-state index in [0.29, 0.717) is 10.7 Å². The van der Waals surface area contributed by atoms with Crippen LogP contribution >= 0.6 is 11.3 Å². The molecular weight excluding hydrogens is 256 g/mol. The minimum atomic E-state index is -3.53. The van der Waals surface area contributed by atoms with Crippen molar-refractivity contribution in [2.45, 2.75) is 18.7 Å². The molecule has 0 atom stereocenters. The summed E-state index contributed by atoms with van der Waals surface area (Å²) >= 11 is 1.31. The first-order valence-electron chi connectivity index (χ1n) is 5.00. The van der Waals surface area contributed by atoms with E-state index >= 15 is 0 Å². The standard InChI is InChI=1S/C11H12N2O2S2/c1-8-5-3-4-6-10(8)17(14,15)13-11-12-7-9(2)16-11/h3-7H,1-2H3,(H,12,13). The second kappa shape index (κ2) is 4.46. The van der Waals surface area contributed by atoms with Crippen LogP contribution in [0.25, 0.3) is 0 Å². The number of anilines is 1. The van der Waals surface area contributed by atoms with Crippen molar-refractivity contribution in [2.75, 3.05) is 4.72 Å². The van der Waals surface area contributed by atoms with Gasteiger partial charge in [-0.2, -0.15) is 0 Å². The van der Waals surface area contributed by atoms with Gasteiger partial charge in [0.25, 0.3) is 10.0 Å². The van der Waals surface area contributed by atoms with Crippen molar-refractivity contribution < 1.29 is 8.42 Å². The maximum absolute atomic E-state index is 12.1. The van der Waals surface area contributed by atoms with Gasteiger partial charge in [0.15, 0.2) is 5.13 Å². The molecule has 1 heterocycles. The van der Waals surface area contributed by atoms with Crippen molar-refractivity contribution in [2.24, 2.45) is 0 Å². The van der Waals surface area contributed by atoms with Gasteiger partial charge in [-0.05, 0) is 25.5 Å². The fraction of sp³-hybridized carbons (Fsp3) is 0.182. The third-order valence-electron chi connectivity index (χ3n) is 2.23. The zero-order valence-electron chi connectivity index (χ0n) is 9.47. The van der Waals surface area contributed by atoms with E-state index < -0.39 is 10.0 Å². The minimum absolute atomic E-state index is 0.285. The third kappa shape index (κ3) is 2.65. The molecule has 0 aliphatic rings. The van der Waals surface area contributed by atoms with Gasteiger partial charge in [0.2, 0.25) is 0 Å². The first-order valence-corrected chi connectivity index (χ1v) is 7.30. The van der Waals surface area contributed by atoms with Crippen LogP contribution in [0.3, 0.4) is 0 Å². The molecule has 2 rings (SSSR count). The number of aryl methyl sites for hydroxylation is 2. The van der Waals surface area contributed by atoms with E-state index in [-0.39, 0.29) is 4.90 Å². The van der Waals surface area contributed by atoms with Crippen LogP contribution < -0.4 is 4.72 Å². The van der Waals surface area contributed by atoms with Crippen molar-refractivity contribution in [1.82, 2.24) is 4.98 Å². The molecule has 0 saturated heterocycles. The Hall–Kier alpha value is -1.40. The van der Waals surface area contributed by atoms with Crippen LogP contribution in [0.4, 0.5) is 5.13 Å². The van der Waals surface area contributed by atoms with Gasteiger partial charge < -0.3 is 0 Å². The minimum Gasteiger partial charge on any atom is -0.255 e. The fourth-order valence-electron chi connectivity index (χ4n) is 1.43. The third-order valence-corrected chi connectivity index (χ3v) is 4.68.